The van der Waals surface area contributed by atoms with Gasteiger partial charge in [0, 0.05) is 22.9 Å². The van der Waals surface area contributed by atoms with Gasteiger partial charge in [0.25, 0.3) is 5.56 Å². The number of carboxylic acid groups (broad SMARTS) is 1. The van der Waals surface area contributed by atoms with Crippen LogP contribution in [0.2, 0.25) is 5.02 Å². The molecule has 142 valence electrons. The van der Waals surface area contributed by atoms with Crippen LogP contribution in [0.25, 0.3) is 11.1 Å². The maximum atomic E-state index is 12.7. The lowest BCUT2D eigenvalue weighted by Crippen LogP contribution is -2.36. The van der Waals surface area contributed by atoms with E-state index in [2.05, 4.69) is 0 Å². The summed E-state index contributed by atoms with van der Waals surface area (Å²) >= 11 is 6.09. The zero-order valence-corrected chi connectivity index (χ0v) is 15.6. The topological polar surface area (TPSA) is 81.0 Å². The van der Waals surface area contributed by atoms with Crippen LogP contribution in [0, 0.1) is 6.92 Å². The molecule has 2 aromatic rings. The molecule has 1 atom stereocenters. The number of pyridine rings is 1. The average Bonchev–Trinajstić information content (AvgIpc) is 3.15. The van der Waals surface area contributed by atoms with Crippen LogP contribution < -0.4 is 10.3 Å². The van der Waals surface area contributed by atoms with Crippen molar-refractivity contribution >= 4 is 17.6 Å². The highest BCUT2D eigenvalue weighted by Crippen LogP contribution is 2.33. The van der Waals surface area contributed by atoms with Crippen LogP contribution in [0.5, 0.6) is 5.75 Å². The Morgan fingerprint density at radius 2 is 2.15 bits per heavy atom. The summed E-state index contributed by atoms with van der Waals surface area (Å²) in [6, 6.07) is 5.65. The number of hydrogen-bond acceptors (Lipinski definition) is 5. The Morgan fingerprint density at radius 3 is 2.78 bits per heavy atom. The second-order valence-electron chi connectivity index (χ2n) is 6.17. The molecule has 1 aromatic carbocycles. The Hall–Kier alpha value is -2.93. The van der Waals surface area contributed by atoms with Crippen molar-refractivity contribution in [3.63, 3.8) is 0 Å². The van der Waals surface area contributed by atoms with E-state index in [0.29, 0.717) is 16.3 Å². The molecule has 8 heteroatoms. The minimum atomic E-state index is -1.12. The van der Waals surface area contributed by atoms with Crippen molar-refractivity contribution in [1.29, 1.82) is 0 Å². The van der Waals surface area contributed by atoms with E-state index < -0.39 is 17.6 Å². The highest BCUT2D eigenvalue weighted by molar-refractivity contribution is 6.30. The minimum Gasteiger partial charge on any atom is -0.495 e. The number of aromatic nitrogens is 1. The van der Waals surface area contributed by atoms with Crippen LogP contribution >= 0.6 is 11.6 Å². The predicted octanol–water partition coefficient (Wildman–Crippen LogP) is 2.87. The fourth-order valence-electron chi connectivity index (χ4n) is 2.96. The van der Waals surface area contributed by atoms with Gasteiger partial charge in [0.05, 0.1) is 19.9 Å². The minimum absolute atomic E-state index is 0.0877. The number of carbonyl (C=O) groups is 1. The van der Waals surface area contributed by atoms with Crippen LogP contribution in [-0.4, -0.2) is 40.9 Å². The summed E-state index contributed by atoms with van der Waals surface area (Å²) in [5, 5.41) is 10.2. The molecule has 0 amide bonds. The molecular weight excluding hydrogens is 372 g/mol. The highest BCUT2D eigenvalue weighted by atomic mass is 35.5. The molecule has 7 nitrogen and oxygen atoms in total. The number of halogens is 1. The van der Waals surface area contributed by atoms with Crippen molar-refractivity contribution in [3.8, 4) is 16.9 Å². The maximum absolute atomic E-state index is 12.7. The zero-order chi connectivity index (χ0) is 19.6. The normalized spacial score (nSPS) is 14.1. The van der Waals surface area contributed by atoms with E-state index in [1.54, 1.807) is 23.2 Å². The molecule has 1 unspecified atom stereocenters. The van der Waals surface area contributed by atoms with E-state index >= 15 is 0 Å². The number of rotatable bonds is 6. The van der Waals surface area contributed by atoms with Gasteiger partial charge < -0.3 is 19.5 Å². The quantitative estimate of drug-likeness (QED) is 0.816. The molecule has 0 saturated heterocycles. The lowest BCUT2D eigenvalue weighted by atomic mass is 10.0. The van der Waals surface area contributed by atoms with Crippen molar-refractivity contribution in [2.75, 3.05) is 20.4 Å². The third kappa shape index (κ3) is 3.93. The Kier molecular flexibility index (Phi) is 5.41. The van der Waals surface area contributed by atoms with Gasteiger partial charge in [-0.25, -0.2) is 4.79 Å². The van der Waals surface area contributed by atoms with Crippen molar-refractivity contribution in [2.24, 2.45) is 0 Å². The molecule has 0 spiro atoms. The van der Waals surface area contributed by atoms with Gasteiger partial charge in [0.1, 0.15) is 12.0 Å². The summed E-state index contributed by atoms with van der Waals surface area (Å²) in [5.74, 6) is -0.731. The first kappa shape index (κ1) is 18.8. The number of aryl methyl sites for hydroxylation is 1. The van der Waals surface area contributed by atoms with Crippen LogP contribution in [0.1, 0.15) is 11.6 Å². The summed E-state index contributed by atoms with van der Waals surface area (Å²) in [6.45, 7) is 2.23. The lowest BCUT2D eigenvalue weighted by Gasteiger charge is -2.22. The predicted molar refractivity (Wildman–Crippen MR) is 101 cm³/mol. The number of ether oxygens (including phenoxy) is 2. The van der Waals surface area contributed by atoms with Crippen LogP contribution in [-0.2, 0) is 9.53 Å². The van der Waals surface area contributed by atoms with Gasteiger partial charge in [-0.3, -0.25) is 9.36 Å². The van der Waals surface area contributed by atoms with E-state index in [1.807, 2.05) is 13.0 Å². The summed E-state index contributed by atoms with van der Waals surface area (Å²) < 4.78 is 11.7. The van der Waals surface area contributed by atoms with Crippen molar-refractivity contribution in [3.05, 3.63) is 63.9 Å². The fraction of sp³-hybridized carbons (Fsp3) is 0.263. The van der Waals surface area contributed by atoms with Gasteiger partial charge in [0.2, 0.25) is 0 Å². The van der Waals surface area contributed by atoms with Crippen molar-refractivity contribution in [2.45, 2.75) is 13.0 Å². The van der Waals surface area contributed by atoms with Crippen LogP contribution in [0.15, 0.2) is 47.7 Å². The van der Waals surface area contributed by atoms with Gasteiger partial charge in [-0.2, -0.15) is 0 Å². The molecule has 0 aliphatic carbocycles. The third-order valence-electron chi connectivity index (χ3n) is 4.39. The van der Waals surface area contributed by atoms with Crippen LogP contribution in [0.4, 0.5) is 0 Å². The second-order valence-corrected chi connectivity index (χ2v) is 6.60. The van der Waals surface area contributed by atoms with E-state index in [1.165, 1.54) is 25.6 Å². The lowest BCUT2D eigenvalue weighted by molar-refractivity contribution is -0.141. The molecule has 0 fully saturated rings. The monoisotopic (exact) mass is 390 g/mol. The van der Waals surface area contributed by atoms with Gasteiger partial charge in [0.15, 0.2) is 12.8 Å². The van der Waals surface area contributed by atoms with E-state index in [4.69, 9.17) is 21.1 Å². The molecule has 3 rings (SSSR count). The van der Waals surface area contributed by atoms with E-state index in [9.17, 15) is 14.7 Å². The second kappa shape index (κ2) is 7.75. The summed E-state index contributed by atoms with van der Waals surface area (Å²) in [6.07, 6.45) is 4.55. The smallest absolute Gasteiger partial charge is 0.328 e. The Morgan fingerprint density at radius 1 is 1.37 bits per heavy atom. The molecule has 0 bridgehead atoms. The molecular formula is C19H19ClN2O5. The van der Waals surface area contributed by atoms with E-state index in [-0.39, 0.29) is 13.3 Å². The number of carboxylic acids is 1. The molecule has 0 saturated carbocycles. The largest absolute Gasteiger partial charge is 0.495 e. The van der Waals surface area contributed by atoms with Crippen LogP contribution in [0.3, 0.4) is 0 Å². The van der Waals surface area contributed by atoms with Gasteiger partial charge >= 0.3 is 5.97 Å². The first-order valence-corrected chi connectivity index (χ1v) is 8.60. The highest BCUT2D eigenvalue weighted by Gasteiger charge is 2.25. The first-order chi connectivity index (χ1) is 12.9. The average molecular weight is 391 g/mol. The SMILES string of the molecule is COc1cn(C(CN2C=COC2)C(=O)O)c(=O)cc1-c1cc(Cl)ccc1C. The first-order valence-electron chi connectivity index (χ1n) is 8.22. The van der Waals surface area contributed by atoms with Crippen molar-refractivity contribution < 1.29 is 19.4 Å². The number of hydrogen-bond donors (Lipinski definition) is 1. The van der Waals surface area contributed by atoms with E-state index in [0.717, 1.165) is 15.7 Å². The maximum Gasteiger partial charge on any atom is 0.328 e. The van der Waals surface area contributed by atoms with Crippen molar-refractivity contribution in [1.82, 2.24) is 9.47 Å². The molecule has 0 radical (unpaired) electrons. The summed E-state index contributed by atoms with van der Waals surface area (Å²) in [7, 11) is 1.47. The fourth-order valence-corrected chi connectivity index (χ4v) is 3.13. The Labute approximate surface area is 161 Å². The third-order valence-corrected chi connectivity index (χ3v) is 4.63. The van der Waals surface area contributed by atoms with Gasteiger partial charge in [-0.15, -0.1) is 0 Å². The number of benzene rings is 1. The number of nitrogens with zero attached hydrogens (tertiary/aromatic N) is 2. The molecule has 27 heavy (non-hydrogen) atoms. The molecule has 1 N–H and O–H groups in total. The number of methoxy groups -OCH3 is 1. The molecule has 1 aliphatic heterocycles. The van der Waals surface area contributed by atoms with Gasteiger partial charge in [-0.1, -0.05) is 17.7 Å². The summed E-state index contributed by atoms with van der Waals surface area (Å²) in [4.78, 5) is 26.2. The zero-order valence-electron chi connectivity index (χ0n) is 14.9. The standard InChI is InChI=1S/C19H19ClN2O5/c1-12-3-4-13(20)7-14(12)15-8-18(23)22(10-17(15)26-2)16(19(24)25)9-21-5-6-27-11-21/h3-8,10,16H,9,11H2,1-2H3,(H,24,25). The molecule has 1 aromatic heterocycles. The molecule has 1 aliphatic rings. The Balaban J connectivity index is 2.07. The molecule has 2 heterocycles. The van der Waals surface area contributed by atoms with Gasteiger partial charge in [-0.05, 0) is 30.2 Å². The Bertz CT molecular complexity index is 954. The number of aliphatic carboxylic acids is 1. The summed E-state index contributed by atoms with van der Waals surface area (Å²) in [5.41, 5.74) is 1.80.